The minimum atomic E-state index is -0.563. The van der Waals surface area contributed by atoms with Gasteiger partial charge in [-0.1, -0.05) is 6.58 Å². The molecule has 3 heteroatoms. The van der Waals surface area contributed by atoms with E-state index in [-0.39, 0.29) is 6.10 Å². The Morgan fingerprint density at radius 3 is 2.82 bits per heavy atom. The first-order chi connectivity index (χ1) is 8.04. The van der Waals surface area contributed by atoms with Gasteiger partial charge in [0.15, 0.2) is 0 Å². The van der Waals surface area contributed by atoms with E-state index in [2.05, 4.69) is 6.58 Å². The molecule has 92 valence electrons. The van der Waals surface area contributed by atoms with E-state index in [0.29, 0.717) is 5.75 Å². The van der Waals surface area contributed by atoms with E-state index >= 15 is 0 Å². The molecule has 3 nitrogen and oxygen atoms in total. The summed E-state index contributed by atoms with van der Waals surface area (Å²) < 4.78 is 11.1. The SMILES string of the molecule is C=C(C)[C@H]1Cc2c(ccc(OC)c2[C@@H](C)O)O1. The first-order valence-electron chi connectivity index (χ1n) is 5.74. The molecule has 0 spiro atoms. The fourth-order valence-electron chi connectivity index (χ4n) is 2.24. The van der Waals surface area contributed by atoms with Crippen molar-refractivity contribution >= 4 is 0 Å². The average Bonchev–Trinajstić information content (AvgIpc) is 2.70. The highest BCUT2D eigenvalue weighted by atomic mass is 16.5. The minimum Gasteiger partial charge on any atom is -0.496 e. The number of aliphatic hydroxyl groups excluding tert-OH is 1. The first kappa shape index (κ1) is 12.0. The lowest BCUT2D eigenvalue weighted by atomic mass is 9.97. The lowest BCUT2D eigenvalue weighted by Gasteiger charge is -2.14. The number of hydrogen-bond donors (Lipinski definition) is 1. The normalized spacial score (nSPS) is 19.4. The zero-order chi connectivity index (χ0) is 12.6. The molecule has 17 heavy (non-hydrogen) atoms. The van der Waals surface area contributed by atoms with Gasteiger partial charge in [-0.2, -0.15) is 0 Å². The molecule has 1 aromatic rings. The van der Waals surface area contributed by atoms with Gasteiger partial charge >= 0.3 is 0 Å². The Balaban J connectivity index is 2.47. The minimum absolute atomic E-state index is 0.00889. The second kappa shape index (κ2) is 4.41. The quantitative estimate of drug-likeness (QED) is 0.817. The molecule has 1 aliphatic rings. The molecule has 0 saturated heterocycles. The standard InChI is InChI=1S/C14H18O3/c1-8(2)13-7-10-11(17-13)5-6-12(16-4)14(10)9(3)15/h5-6,9,13,15H,1,7H2,2-4H3/t9-,13-/m1/s1. The second-order valence-corrected chi connectivity index (χ2v) is 4.49. The van der Waals surface area contributed by atoms with Crippen LogP contribution in [-0.4, -0.2) is 18.3 Å². The van der Waals surface area contributed by atoms with Crippen LogP contribution in [0.1, 0.15) is 31.1 Å². The maximum atomic E-state index is 9.87. The van der Waals surface area contributed by atoms with Gasteiger partial charge < -0.3 is 14.6 Å². The van der Waals surface area contributed by atoms with Crippen LogP contribution in [0.15, 0.2) is 24.3 Å². The fourth-order valence-corrected chi connectivity index (χ4v) is 2.24. The van der Waals surface area contributed by atoms with Crippen LogP contribution < -0.4 is 9.47 Å². The molecule has 2 rings (SSSR count). The Kier molecular flexibility index (Phi) is 3.11. The number of ether oxygens (including phenoxy) is 2. The summed E-state index contributed by atoms with van der Waals surface area (Å²) in [6, 6.07) is 3.73. The van der Waals surface area contributed by atoms with Gasteiger partial charge in [0.1, 0.15) is 17.6 Å². The van der Waals surface area contributed by atoms with Gasteiger partial charge in [0.2, 0.25) is 0 Å². The van der Waals surface area contributed by atoms with Crippen molar-refractivity contribution in [2.75, 3.05) is 7.11 Å². The van der Waals surface area contributed by atoms with Crippen LogP contribution in [0, 0.1) is 0 Å². The molecule has 1 heterocycles. The summed E-state index contributed by atoms with van der Waals surface area (Å²) >= 11 is 0. The molecule has 0 saturated carbocycles. The zero-order valence-electron chi connectivity index (χ0n) is 10.5. The van der Waals surface area contributed by atoms with Crippen molar-refractivity contribution in [1.29, 1.82) is 0 Å². The van der Waals surface area contributed by atoms with Crippen LogP contribution in [0.5, 0.6) is 11.5 Å². The molecule has 0 radical (unpaired) electrons. The van der Waals surface area contributed by atoms with E-state index < -0.39 is 6.10 Å². The van der Waals surface area contributed by atoms with Gasteiger partial charge in [-0.3, -0.25) is 0 Å². The van der Waals surface area contributed by atoms with E-state index in [0.717, 1.165) is 28.9 Å². The summed E-state index contributed by atoms with van der Waals surface area (Å²) in [5.74, 6) is 1.54. The van der Waals surface area contributed by atoms with E-state index in [1.807, 2.05) is 19.1 Å². The predicted molar refractivity (Wildman–Crippen MR) is 66.6 cm³/mol. The maximum Gasteiger partial charge on any atom is 0.125 e. The van der Waals surface area contributed by atoms with Gasteiger partial charge in [-0.25, -0.2) is 0 Å². The van der Waals surface area contributed by atoms with Crippen molar-refractivity contribution in [1.82, 2.24) is 0 Å². The highest BCUT2D eigenvalue weighted by Gasteiger charge is 2.29. The van der Waals surface area contributed by atoms with E-state index in [1.54, 1.807) is 14.0 Å². The summed E-state index contributed by atoms with van der Waals surface area (Å²) in [7, 11) is 1.61. The van der Waals surface area contributed by atoms with Crippen LogP contribution in [0.3, 0.4) is 0 Å². The third-order valence-electron chi connectivity index (χ3n) is 3.12. The number of methoxy groups -OCH3 is 1. The van der Waals surface area contributed by atoms with Crippen molar-refractivity contribution in [2.45, 2.75) is 32.5 Å². The van der Waals surface area contributed by atoms with Crippen LogP contribution in [-0.2, 0) is 6.42 Å². The Morgan fingerprint density at radius 2 is 2.29 bits per heavy atom. The molecule has 1 N–H and O–H groups in total. The maximum absolute atomic E-state index is 9.87. The van der Waals surface area contributed by atoms with E-state index in [9.17, 15) is 5.11 Å². The average molecular weight is 234 g/mol. The zero-order valence-corrected chi connectivity index (χ0v) is 10.5. The van der Waals surface area contributed by atoms with Gasteiger partial charge in [0, 0.05) is 17.5 Å². The third-order valence-corrected chi connectivity index (χ3v) is 3.12. The predicted octanol–water partition coefficient (Wildman–Crippen LogP) is 2.63. The lowest BCUT2D eigenvalue weighted by molar-refractivity contribution is 0.193. The molecular weight excluding hydrogens is 216 g/mol. The topological polar surface area (TPSA) is 38.7 Å². The van der Waals surface area contributed by atoms with Crippen LogP contribution >= 0.6 is 0 Å². The molecule has 0 aliphatic carbocycles. The Labute approximate surface area is 102 Å². The fraction of sp³-hybridized carbons (Fsp3) is 0.429. The molecule has 0 aromatic heterocycles. The molecule has 0 unspecified atom stereocenters. The Bertz CT molecular complexity index is 449. The van der Waals surface area contributed by atoms with Crippen LogP contribution in [0.4, 0.5) is 0 Å². The molecule has 0 bridgehead atoms. The van der Waals surface area contributed by atoms with Crippen molar-refractivity contribution in [3.05, 3.63) is 35.4 Å². The summed E-state index contributed by atoms with van der Waals surface area (Å²) in [6.45, 7) is 7.62. The van der Waals surface area contributed by atoms with Crippen molar-refractivity contribution in [2.24, 2.45) is 0 Å². The van der Waals surface area contributed by atoms with Gasteiger partial charge in [0.05, 0.1) is 13.2 Å². The second-order valence-electron chi connectivity index (χ2n) is 4.49. The molecule has 1 aliphatic heterocycles. The summed E-state index contributed by atoms with van der Waals surface area (Å²) in [5.41, 5.74) is 2.86. The number of aliphatic hydroxyl groups is 1. The Morgan fingerprint density at radius 1 is 1.59 bits per heavy atom. The number of hydrogen-bond acceptors (Lipinski definition) is 3. The summed E-state index contributed by atoms with van der Waals surface area (Å²) in [5, 5.41) is 9.87. The first-order valence-corrected chi connectivity index (χ1v) is 5.74. The van der Waals surface area contributed by atoms with Crippen LogP contribution in [0.2, 0.25) is 0 Å². The van der Waals surface area contributed by atoms with Gasteiger partial charge in [-0.15, -0.1) is 0 Å². The summed E-state index contributed by atoms with van der Waals surface area (Å²) in [6.07, 6.45) is 0.198. The molecule has 0 amide bonds. The third kappa shape index (κ3) is 2.03. The highest BCUT2D eigenvalue weighted by molar-refractivity contribution is 5.52. The smallest absolute Gasteiger partial charge is 0.125 e. The van der Waals surface area contributed by atoms with Crippen molar-refractivity contribution < 1.29 is 14.6 Å². The number of rotatable bonds is 3. The van der Waals surface area contributed by atoms with Gasteiger partial charge in [-0.05, 0) is 31.6 Å². The summed E-state index contributed by atoms with van der Waals surface area (Å²) in [4.78, 5) is 0. The monoisotopic (exact) mass is 234 g/mol. The van der Waals surface area contributed by atoms with Crippen LogP contribution in [0.25, 0.3) is 0 Å². The largest absolute Gasteiger partial charge is 0.496 e. The molecule has 1 aromatic carbocycles. The number of fused-ring (bicyclic) bond motifs is 1. The molecular formula is C14H18O3. The van der Waals surface area contributed by atoms with E-state index in [4.69, 9.17) is 9.47 Å². The Hall–Kier alpha value is -1.48. The lowest BCUT2D eigenvalue weighted by Crippen LogP contribution is -2.13. The van der Waals surface area contributed by atoms with E-state index in [1.165, 1.54) is 0 Å². The van der Waals surface area contributed by atoms with Crippen molar-refractivity contribution in [3.63, 3.8) is 0 Å². The highest BCUT2D eigenvalue weighted by Crippen LogP contribution is 2.40. The molecule has 0 fully saturated rings. The van der Waals surface area contributed by atoms with Gasteiger partial charge in [0.25, 0.3) is 0 Å². The molecule has 2 atom stereocenters. The number of benzene rings is 1. The van der Waals surface area contributed by atoms with Crippen molar-refractivity contribution in [3.8, 4) is 11.5 Å².